The Labute approximate surface area is 161 Å². The first kappa shape index (κ1) is 19.2. The zero-order chi connectivity index (χ0) is 18.9. The zero-order valence-corrected chi connectivity index (χ0v) is 17.1. The molecule has 9 heteroatoms. The van der Waals surface area contributed by atoms with E-state index >= 15 is 0 Å². The number of allylic oxidation sites excluding steroid dienone is 1. The van der Waals surface area contributed by atoms with Crippen LogP contribution >= 0.6 is 15.9 Å². The van der Waals surface area contributed by atoms with Gasteiger partial charge in [-0.2, -0.15) is 4.31 Å². The van der Waals surface area contributed by atoms with Gasteiger partial charge in [0.1, 0.15) is 5.69 Å². The molecule has 7 nitrogen and oxygen atoms in total. The van der Waals surface area contributed by atoms with Crippen molar-refractivity contribution in [3.8, 4) is 0 Å². The van der Waals surface area contributed by atoms with Crippen molar-refractivity contribution < 1.29 is 17.6 Å². The summed E-state index contributed by atoms with van der Waals surface area (Å²) < 4.78 is 33.9. The van der Waals surface area contributed by atoms with Crippen molar-refractivity contribution in [2.45, 2.75) is 19.9 Å². The Balaban J connectivity index is 1.79. The molecule has 0 bridgehead atoms. The highest BCUT2D eigenvalue weighted by molar-refractivity contribution is 9.10. The molecule has 142 valence electrons. The van der Waals surface area contributed by atoms with Gasteiger partial charge in [0.2, 0.25) is 10.0 Å². The molecule has 0 saturated carbocycles. The molecule has 0 N–H and O–H groups in total. The molecule has 1 aliphatic rings. The monoisotopic (exact) mass is 443 g/mol. The van der Waals surface area contributed by atoms with Crippen LogP contribution in [0.2, 0.25) is 0 Å². The molecule has 1 amide bonds. The number of hydrogen-bond donors (Lipinski definition) is 0. The van der Waals surface area contributed by atoms with Gasteiger partial charge in [0.15, 0.2) is 10.3 Å². The first-order chi connectivity index (χ1) is 12.4. The highest BCUT2D eigenvalue weighted by atomic mass is 79.9. The average Bonchev–Trinajstić information content (AvgIpc) is 3.12. The van der Waals surface area contributed by atoms with Crippen molar-refractivity contribution >= 4 is 43.0 Å². The van der Waals surface area contributed by atoms with E-state index in [2.05, 4.69) is 22.5 Å². The van der Waals surface area contributed by atoms with Crippen LogP contribution in [0.1, 0.15) is 23.8 Å². The second kappa shape index (κ2) is 7.58. The van der Waals surface area contributed by atoms with Gasteiger partial charge >= 0.3 is 0 Å². The largest absolute Gasteiger partial charge is 0.448 e. The Kier molecular flexibility index (Phi) is 5.59. The second-order valence-corrected chi connectivity index (χ2v) is 9.11. The number of halogens is 1. The number of hydrogen-bond acceptors (Lipinski definition) is 4. The van der Waals surface area contributed by atoms with Gasteiger partial charge in [-0.1, -0.05) is 13.0 Å². The van der Waals surface area contributed by atoms with Crippen LogP contribution < -0.4 is 0 Å². The summed E-state index contributed by atoms with van der Waals surface area (Å²) in [6, 6.07) is 3.55. The van der Waals surface area contributed by atoms with E-state index in [-0.39, 0.29) is 11.7 Å². The molecule has 0 radical (unpaired) electrons. The molecule has 3 heterocycles. The molecular formula is C17H22BrN3O4S. The number of rotatable bonds is 6. The minimum Gasteiger partial charge on any atom is -0.448 e. The third-order valence-corrected chi connectivity index (χ3v) is 6.94. The lowest BCUT2D eigenvalue weighted by atomic mass is 10.3. The molecule has 0 unspecified atom stereocenters. The molecule has 0 spiro atoms. The Hall–Kier alpha value is -1.58. The quantitative estimate of drug-likeness (QED) is 0.643. The Morgan fingerprint density at radius 3 is 2.62 bits per heavy atom. The van der Waals surface area contributed by atoms with Gasteiger partial charge in [-0.05, 0) is 22.4 Å². The minimum absolute atomic E-state index is 0.123. The number of fused-ring (bicyclic) bond motifs is 1. The minimum atomic E-state index is -3.22. The van der Waals surface area contributed by atoms with Crippen LogP contribution in [0, 0.1) is 0 Å². The summed E-state index contributed by atoms with van der Waals surface area (Å²) in [7, 11) is -3.22. The average molecular weight is 444 g/mol. The van der Waals surface area contributed by atoms with Gasteiger partial charge in [-0.3, -0.25) is 4.79 Å². The summed E-state index contributed by atoms with van der Waals surface area (Å²) in [6.45, 7) is 7.51. The zero-order valence-electron chi connectivity index (χ0n) is 14.6. The van der Waals surface area contributed by atoms with Gasteiger partial charge in [-0.25, -0.2) is 8.42 Å². The molecule has 2 aromatic heterocycles. The molecular weight excluding hydrogens is 422 g/mol. The van der Waals surface area contributed by atoms with Gasteiger partial charge in [-0.15, -0.1) is 6.58 Å². The number of sulfonamides is 1. The lowest BCUT2D eigenvalue weighted by molar-refractivity contribution is 0.0688. The van der Waals surface area contributed by atoms with Crippen molar-refractivity contribution in [3.63, 3.8) is 0 Å². The van der Waals surface area contributed by atoms with E-state index in [0.717, 1.165) is 5.52 Å². The van der Waals surface area contributed by atoms with Gasteiger partial charge in [0.05, 0.1) is 11.3 Å². The van der Waals surface area contributed by atoms with Crippen LogP contribution in [0.25, 0.3) is 11.1 Å². The SMILES string of the molecule is C=CCn1c(C(=O)N2CCN(S(=O)(=O)CCC)CC2)cc2oc(Br)cc21. The Bertz CT molecular complexity index is 923. The van der Waals surface area contributed by atoms with Crippen molar-refractivity contribution in [2.75, 3.05) is 31.9 Å². The van der Waals surface area contributed by atoms with E-state index < -0.39 is 10.0 Å². The highest BCUT2D eigenvalue weighted by Gasteiger charge is 2.30. The van der Waals surface area contributed by atoms with E-state index in [1.54, 1.807) is 17.0 Å². The molecule has 1 aliphatic heterocycles. The third kappa shape index (κ3) is 3.60. The molecule has 2 aromatic rings. The standard InChI is InChI=1S/C17H22BrN3O4S/c1-3-5-21-13-12-16(18)25-15(13)11-14(21)17(22)19-6-8-20(9-7-19)26(23,24)10-4-2/h3,11-12H,1,4-10H2,2H3. The number of aromatic nitrogens is 1. The van der Waals surface area contributed by atoms with Crippen LogP contribution in [-0.2, 0) is 16.6 Å². The van der Waals surface area contributed by atoms with Crippen molar-refractivity contribution in [2.24, 2.45) is 0 Å². The van der Waals surface area contributed by atoms with E-state index in [4.69, 9.17) is 4.42 Å². The fourth-order valence-electron chi connectivity index (χ4n) is 3.23. The molecule has 0 atom stereocenters. The van der Waals surface area contributed by atoms with Crippen molar-refractivity contribution in [1.29, 1.82) is 0 Å². The van der Waals surface area contributed by atoms with Gasteiger partial charge in [0, 0.05) is 44.9 Å². The number of carbonyl (C=O) groups is 1. The maximum atomic E-state index is 13.0. The molecule has 26 heavy (non-hydrogen) atoms. The predicted molar refractivity (Wildman–Crippen MR) is 104 cm³/mol. The van der Waals surface area contributed by atoms with E-state index in [1.807, 2.05) is 17.6 Å². The van der Waals surface area contributed by atoms with Gasteiger partial charge in [0.25, 0.3) is 5.91 Å². The van der Waals surface area contributed by atoms with E-state index in [9.17, 15) is 13.2 Å². The molecule has 0 aliphatic carbocycles. The Morgan fingerprint density at radius 1 is 1.31 bits per heavy atom. The van der Waals surface area contributed by atoms with Crippen LogP contribution in [-0.4, -0.2) is 60.0 Å². The molecule has 1 fully saturated rings. The summed E-state index contributed by atoms with van der Waals surface area (Å²) in [6.07, 6.45) is 2.32. The molecule has 3 rings (SSSR count). The number of nitrogens with zero attached hydrogens (tertiary/aromatic N) is 3. The summed E-state index contributed by atoms with van der Waals surface area (Å²) in [5.74, 6) is 0.0240. The maximum Gasteiger partial charge on any atom is 0.270 e. The summed E-state index contributed by atoms with van der Waals surface area (Å²) in [5.41, 5.74) is 1.98. The first-order valence-corrected chi connectivity index (χ1v) is 10.9. The van der Waals surface area contributed by atoms with Crippen LogP contribution in [0.15, 0.2) is 33.9 Å². The van der Waals surface area contributed by atoms with E-state index in [1.165, 1.54) is 4.31 Å². The smallest absolute Gasteiger partial charge is 0.270 e. The van der Waals surface area contributed by atoms with E-state index in [0.29, 0.717) is 55.1 Å². The summed E-state index contributed by atoms with van der Waals surface area (Å²) in [5, 5.41) is 0. The lowest BCUT2D eigenvalue weighted by Crippen LogP contribution is -2.51. The van der Waals surface area contributed by atoms with Crippen molar-refractivity contribution in [1.82, 2.24) is 13.8 Å². The highest BCUT2D eigenvalue weighted by Crippen LogP contribution is 2.28. The fraction of sp³-hybridized carbons (Fsp3) is 0.471. The molecule has 1 saturated heterocycles. The number of piperazine rings is 1. The third-order valence-electron chi connectivity index (χ3n) is 4.47. The number of furan rings is 1. The Morgan fingerprint density at radius 2 is 2.00 bits per heavy atom. The van der Waals surface area contributed by atoms with Crippen molar-refractivity contribution in [3.05, 3.63) is 35.2 Å². The first-order valence-electron chi connectivity index (χ1n) is 8.54. The predicted octanol–water partition coefficient (Wildman–Crippen LogP) is 2.68. The lowest BCUT2D eigenvalue weighted by Gasteiger charge is -2.34. The van der Waals surface area contributed by atoms with Crippen LogP contribution in [0.4, 0.5) is 0 Å². The van der Waals surface area contributed by atoms with Gasteiger partial charge < -0.3 is 13.9 Å². The normalized spacial score (nSPS) is 16.3. The van der Waals surface area contributed by atoms with Crippen LogP contribution in [0.3, 0.4) is 0 Å². The number of amides is 1. The summed E-state index contributed by atoms with van der Waals surface area (Å²) >= 11 is 3.30. The summed E-state index contributed by atoms with van der Waals surface area (Å²) in [4.78, 5) is 14.7. The molecule has 0 aromatic carbocycles. The maximum absolute atomic E-state index is 13.0. The number of carbonyl (C=O) groups excluding carboxylic acids is 1. The van der Waals surface area contributed by atoms with Crippen LogP contribution in [0.5, 0.6) is 0 Å². The fourth-order valence-corrected chi connectivity index (χ4v) is 5.12. The topological polar surface area (TPSA) is 75.8 Å². The second-order valence-electron chi connectivity index (χ2n) is 6.24.